The Morgan fingerprint density at radius 2 is 2.00 bits per heavy atom. The van der Waals surface area contributed by atoms with Crippen LogP contribution in [0.1, 0.15) is 23.2 Å². The molecule has 0 bridgehead atoms. The van der Waals surface area contributed by atoms with Gasteiger partial charge in [-0.3, -0.25) is 0 Å². The third kappa shape index (κ3) is 1.40. The molecule has 0 atom stereocenters. The van der Waals surface area contributed by atoms with Crippen LogP contribution in [0.2, 0.25) is 10.2 Å². The first kappa shape index (κ1) is 10.3. The molecule has 4 heteroatoms. The Morgan fingerprint density at radius 1 is 1.19 bits per heavy atom. The van der Waals surface area contributed by atoms with Gasteiger partial charge in [-0.15, -0.1) is 0 Å². The normalized spacial score (nSPS) is 14.4. The van der Waals surface area contributed by atoms with Crippen molar-refractivity contribution in [2.75, 3.05) is 0 Å². The number of halogens is 2. The van der Waals surface area contributed by atoms with Crippen LogP contribution in [0.15, 0.2) is 6.07 Å². The van der Waals surface area contributed by atoms with Crippen LogP contribution in [-0.4, -0.2) is 9.97 Å². The van der Waals surface area contributed by atoms with Crippen LogP contribution >= 0.6 is 23.2 Å². The quantitative estimate of drug-likeness (QED) is 0.668. The number of hydrogen-bond donors (Lipinski definition) is 0. The summed E-state index contributed by atoms with van der Waals surface area (Å²) in [5, 5.41) is 2.00. The summed E-state index contributed by atoms with van der Waals surface area (Å²) in [5.41, 5.74) is 4.40. The van der Waals surface area contributed by atoms with Gasteiger partial charge in [-0.05, 0) is 43.4 Å². The molecule has 2 aromatic heterocycles. The molecule has 0 saturated carbocycles. The van der Waals surface area contributed by atoms with E-state index in [1.54, 1.807) is 6.07 Å². The molecular formula is C12H10Cl2N2. The van der Waals surface area contributed by atoms with E-state index in [9.17, 15) is 0 Å². The highest BCUT2D eigenvalue weighted by Crippen LogP contribution is 2.33. The highest BCUT2D eigenvalue weighted by Gasteiger charge is 2.19. The van der Waals surface area contributed by atoms with Crippen molar-refractivity contribution in [2.24, 2.45) is 0 Å². The summed E-state index contributed by atoms with van der Waals surface area (Å²) in [5.74, 6) is 0. The van der Waals surface area contributed by atoms with Gasteiger partial charge in [-0.25, -0.2) is 9.97 Å². The largest absolute Gasteiger partial charge is 0.233 e. The molecule has 1 aliphatic carbocycles. The summed E-state index contributed by atoms with van der Waals surface area (Å²) in [6, 6.07) is 1.68. The van der Waals surface area contributed by atoms with Crippen molar-refractivity contribution in [1.29, 1.82) is 0 Å². The van der Waals surface area contributed by atoms with Crippen LogP contribution in [0.25, 0.3) is 11.0 Å². The first-order valence-corrected chi connectivity index (χ1v) is 6.06. The van der Waals surface area contributed by atoms with Crippen molar-refractivity contribution in [3.63, 3.8) is 0 Å². The molecule has 16 heavy (non-hydrogen) atoms. The molecule has 0 N–H and O–H groups in total. The molecule has 82 valence electrons. The van der Waals surface area contributed by atoms with Crippen molar-refractivity contribution in [3.8, 4) is 0 Å². The van der Waals surface area contributed by atoms with Crippen molar-refractivity contribution in [3.05, 3.63) is 33.1 Å². The number of aromatic nitrogens is 2. The van der Waals surface area contributed by atoms with Crippen molar-refractivity contribution in [1.82, 2.24) is 9.97 Å². The molecule has 0 fully saturated rings. The molecule has 0 unspecified atom stereocenters. The van der Waals surface area contributed by atoms with Crippen LogP contribution < -0.4 is 0 Å². The highest BCUT2D eigenvalue weighted by atomic mass is 35.5. The van der Waals surface area contributed by atoms with Crippen LogP contribution in [-0.2, 0) is 12.8 Å². The van der Waals surface area contributed by atoms with Crippen molar-refractivity contribution >= 4 is 34.2 Å². The second-order valence-electron chi connectivity index (χ2n) is 4.14. The van der Waals surface area contributed by atoms with Crippen LogP contribution in [0.3, 0.4) is 0 Å². The molecule has 2 nitrogen and oxygen atoms in total. The second-order valence-corrected chi connectivity index (χ2v) is 4.94. The van der Waals surface area contributed by atoms with Gasteiger partial charge in [0.05, 0.1) is 5.02 Å². The van der Waals surface area contributed by atoms with Gasteiger partial charge in [-0.1, -0.05) is 23.2 Å². The Balaban J connectivity index is 2.46. The molecule has 0 aromatic carbocycles. The monoisotopic (exact) mass is 252 g/mol. The van der Waals surface area contributed by atoms with Gasteiger partial charge < -0.3 is 0 Å². The number of aryl methyl sites for hydroxylation is 2. The number of rotatable bonds is 0. The zero-order valence-electron chi connectivity index (χ0n) is 8.85. The Bertz CT molecular complexity index is 593. The van der Waals surface area contributed by atoms with E-state index in [4.69, 9.17) is 23.2 Å². The molecule has 0 spiro atoms. The van der Waals surface area contributed by atoms with Gasteiger partial charge in [0.2, 0.25) is 0 Å². The van der Waals surface area contributed by atoms with E-state index >= 15 is 0 Å². The Morgan fingerprint density at radius 3 is 2.81 bits per heavy atom. The molecule has 0 saturated heterocycles. The molecule has 3 rings (SSSR count). The molecule has 0 amide bonds. The predicted octanol–water partition coefficient (Wildman–Crippen LogP) is 3.73. The molecule has 0 radical (unpaired) electrons. The number of pyridine rings is 2. The van der Waals surface area contributed by atoms with Gasteiger partial charge in [-0.2, -0.15) is 0 Å². The van der Waals surface area contributed by atoms with E-state index in [0.717, 1.165) is 23.9 Å². The summed E-state index contributed by atoms with van der Waals surface area (Å²) in [7, 11) is 0. The molecule has 0 aliphatic heterocycles. The van der Waals surface area contributed by atoms with E-state index in [2.05, 4.69) is 16.9 Å². The summed E-state index contributed by atoms with van der Waals surface area (Å²) >= 11 is 12.1. The smallest absolute Gasteiger partial charge is 0.162 e. The average Bonchev–Trinajstić information content (AvgIpc) is 2.64. The third-order valence-corrected chi connectivity index (χ3v) is 3.67. The predicted molar refractivity (Wildman–Crippen MR) is 66.3 cm³/mol. The van der Waals surface area contributed by atoms with Gasteiger partial charge in [0, 0.05) is 11.1 Å². The fraction of sp³-hybridized carbons (Fsp3) is 0.333. The lowest BCUT2D eigenvalue weighted by Crippen LogP contribution is -1.97. The number of nitrogens with zero attached hydrogens (tertiary/aromatic N) is 2. The lowest BCUT2D eigenvalue weighted by molar-refractivity contribution is 0.899. The van der Waals surface area contributed by atoms with Gasteiger partial charge in [0.1, 0.15) is 5.15 Å². The van der Waals surface area contributed by atoms with Gasteiger partial charge >= 0.3 is 0 Å². The zero-order chi connectivity index (χ0) is 11.3. The lowest BCUT2D eigenvalue weighted by atomic mass is 10.1. The Kier molecular flexibility index (Phi) is 2.30. The third-order valence-electron chi connectivity index (χ3n) is 3.18. The highest BCUT2D eigenvalue weighted by molar-refractivity contribution is 6.37. The maximum absolute atomic E-state index is 6.20. The zero-order valence-corrected chi connectivity index (χ0v) is 10.4. The van der Waals surface area contributed by atoms with E-state index in [-0.39, 0.29) is 0 Å². The van der Waals surface area contributed by atoms with Gasteiger partial charge in [0.15, 0.2) is 5.65 Å². The summed E-state index contributed by atoms with van der Waals surface area (Å²) in [6.07, 6.45) is 3.31. The lowest BCUT2D eigenvalue weighted by Gasteiger charge is -2.09. The Labute approximate surface area is 104 Å². The first-order chi connectivity index (χ1) is 7.66. The minimum Gasteiger partial charge on any atom is -0.233 e. The van der Waals surface area contributed by atoms with E-state index in [0.29, 0.717) is 15.8 Å². The fourth-order valence-corrected chi connectivity index (χ4v) is 3.01. The minimum absolute atomic E-state index is 0.405. The van der Waals surface area contributed by atoms with Crippen LogP contribution in [0.4, 0.5) is 0 Å². The van der Waals surface area contributed by atoms with E-state index in [1.807, 2.05) is 0 Å². The number of hydrogen-bond acceptors (Lipinski definition) is 2. The summed E-state index contributed by atoms with van der Waals surface area (Å²) in [4.78, 5) is 8.80. The number of fused-ring (bicyclic) bond motifs is 2. The fourth-order valence-electron chi connectivity index (χ4n) is 2.43. The summed E-state index contributed by atoms with van der Waals surface area (Å²) < 4.78 is 0. The first-order valence-electron chi connectivity index (χ1n) is 5.31. The molecular weight excluding hydrogens is 243 g/mol. The minimum atomic E-state index is 0.405. The van der Waals surface area contributed by atoms with E-state index < -0.39 is 0 Å². The summed E-state index contributed by atoms with van der Waals surface area (Å²) in [6.45, 7) is 2.09. The standard InChI is InChI=1S/C12H10Cl2N2/c1-6-7-3-2-4-9(7)15-12-11(6)8(13)5-10(14)16-12/h5H,2-4H2,1H3. The van der Waals surface area contributed by atoms with Crippen LogP contribution in [0.5, 0.6) is 0 Å². The van der Waals surface area contributed by atoms with E-state index in [1.165, 1.54) is 17.5 Å². The van der Waals surface area contributed by atoms with Gasteiger partial charge in [0.25, 0.3) is 0 Å². The average molecular weight is 253 g/mol. The Hall–Kier alpha value is -0.860. The topological polar surface area (TPSA) is 25.8 Å². The molecule has 2 aromatic rings. The van der Waals surface area contributed by atoms with Crippen LogP contribution in [0, 0.1) is 6.92 Å². The maximum Gasteiger partial charge on any atom is 0.162 e. The second kappa shape index (κ2) is 3.57. The molecule has 2 heterocycles. The maximum atomic E-state index is 6.20. The van der Waals surface area contributed by atoms with Crippen molar-refractivity contribution in [2.45, 2.75) is 26.2 Å². The SMILES string of the molecule is Cc1c2c(nc3nc(Cl)cc(Cl)c13)CCC2. The van der Waals surface area contributed by atoms with Crippen molar-refractivity contribution < 1.29 is 0 Å². The molecule has 1 aliphatic rings.